The number of unbranched alkanes of at least 4 members (excludes halogenated alkanes) is 3. The molecular weight excluding hydrogens is 400 g/mol. The molecule has 10 nitrogen and oxygen atoms in total. The van der Waals surface area contributed by atoms with E-state index in [1.807, 2.05) is 0 Å². The van der Waals surface area contributed by atoms with Crippen LogP contribution >= 0.6 is 0 Å². The zero-order valence-electron chi connectivity index (χ0n) is 17.8. The highest BCUT2D eigenvalue weighted by atomic mass is 16.4. The van der Waals surface area contributed by atoms with Crippen molar-refractivity contribution in [3.63, 3.8) is 0 Å². The van der Waals surface area contributed by atoms with E-state index >= 15 is 0 Å². The van der Waals surface area contributed by atoms with Gasteiger partial charge in [0.05, 0.1) is 6.10 Å². The predicted octanol–water partition coefficient (Wildman–Crippen LogP) is 2.74. The van der Waals surface area contributed by atoms with Gasteiger partial charge < -0.3 is 30.6 Å². The molecule has 0 amide bonds. The molecule has 1 unspecified atom stereocenters. The lowest BCUT2D eigenvalue weighted by Crippen LogP contribution is -2.05. The first kappa shape index (κ1) is 32.5. The fourth-order valence-corrected chi connectivity index (χ4v) is 2.07. The van der Waals surface area contributed by atoms with Crippen LogP contribution in [0.3, 0.4) is 0 Å². The molecule has 0 aliphatic heterocycles. The third-order valence-corrected chi connectivity index (χ3v) is 3.63. The van der Waals surface area contributed by atoms with Crippen molar-refractivity contribution >= 4 is 23.9 Å². The highest BCUT2D eigenvalue weighted by Crippen LogP contribution is 2.05. The van der Waals surface area contributed by atoms with Crippen molar-refractivity contribution in [2.24, 2.45) is 0 Å². The van der Waals surface area contributed by atoms with E-state index in [2.05, 4.69) is 6.92 Å². The normalized spacial score (nSPS) is 10.6. The maximum atomic E-state index is 9.90. The molecule has 0 fully saturated rings. The number of rotatable bonds is 16. The number of aliphatic hydroxyl groups is 2. The van der Waals surface area contributed by atoms with Crippen LogP contribution in [0.1, 0.15) is 90.4 Å². The standard InChI is InChI=1S/C8H18O2.2C6H10O4/c1-2-5-8(10)6-3-4-7-9;2*7-5(8)3-1-2-4-6(9)10/h8-10H,2-7H2,1H3;2*1-4H2,(H,7,8)(H,9,10). The number of aliphatic carboxylic acids is 4. The Morgan fingerprint density at radius 1 is 0.600 bits per heavy atom. The smallest absolute Gasteiger partial charge is 0.303 e. The molecule has 0 spiro atoms. The fraction of sp³-hybridized carbons (Fsp3) is 0.800. The van der Waals surface area contributed by atoms with Crippen LogP contribution in [-0.4, -0.2) is 67.2 Å². The first-order valence-electron chi connectivity index (χ1n) is 10.2. The summed E-state index contributed by atoms with van der Waals surface area (Å²) in [5.41, 5.74) is 0. The summed E-state index contributed by atoms with van der Waals surface area (Å²) < 4.78 is 0. The van der Waals surface area contributed by atoms with Gasteiger partial charge in [-0.15, -0.1) is 0 Å². The first-order valence-corrected chi connectivity index (χ1v) is 10.2. The summed E-state index contributed by atoms with van der Waals surface area (Å²) in [7, 11) is 0. The minimum Gasteiger partial charge on any atom is -0.481 e. The number of hydrogen-bond acceptors (Lipinski definition) is 6. The lowest BCUT2D eigenvalue weighted by atomic mass is 10.1. The Labute approximate surface area is 177 Å². The van der Waals surface area contributed by atoms with Crippen LogP contribution in [0.5, 0.6) is 0 Å². The Morgan fingerprint density at radius 3 is 1.17 bits per heavy atom. The molecule has 0 aromatic heterocycles. The van der Waals surface area contributed by atoms with Crippen molar-refractivity contribution in [1.29, 1.82) is 0 Å². The average molecular weight is 439 g/mol. The van der Waals surface area contributed by atoms with Crippen LogP contribution < -0.4 is 0 Å². The van der Waals surface area contributed by atoms with E-state index < -0.39 is 23.9 Å². The van der Waals surface area contributed by atoms with Crippen LogP contribution in [0.15, 0.2) is 0 Å². The van der Waals surface area contributed by atoms with Crippen molar-refractivity contribution in [2.75, 3.05) is 6.61 Å². The molecule has 30 heavy (non-hydrogen) atoms. The van der Waals surface area contributed by atoms with Crippen LogP contribution in [0.25, 0.3) is 0 Å². The molecule has 6 N–H and O–H groups in total. The molecule has 0 bridgehead atoms. The van der Waals surface area contributed by atoms with E-state index in [0.717, 1.165) is 32.1 Å². The molecule has 0 aliphatic rings. The fourth-order valence-electron chi connectivity index (χ4n) is 2.07. The number of carboxylic acid groups (broad SMARTS) is 4. The molecule has 0 saturated carbocycles. The summed E-state index contributed by atoms with van der Waals surface area (Å²) in [4.78, 5) is 39.6. The van der Waals surface area contributed by atoms with Gasteiger partial charge in [0.15, 0.2) is 0 Å². The zero-order chi connectivity index (χ0) is 23.8. The van der Waals surface area contributed by atoms with E-state index in [1.165, 1.54) is 0 Å². The summed E-state index contributed by atoms with van der Waals surface area (Å²) in [6, 6.07) is 0. The van der Waals surface area contributed by atoms with Crippen LogP contribution in [-0.2, 0) is 19.2 Å². The Kier molecular flexibility index (Phi) is 26.9. The van der Waals surface area contributed by atoms with Crippen molar-refractivity contribution < 1.29 is 49.8 Å². The first-order chi connectivity index (χ1) is 14.1. The largest absolute Gasteiger partial charge is 0.481 e. The summed E-state index contributed by atoms with van der Waals surface area (Å²) in [6.07, 6.45) is 6.43. The lowest BCUT2D eigenvalue weighted by molar-refractivity contribution is -0.139. The molecule has 1 atom stereocenters. The number of hydrogen-bond donors (Lipinski definition) is 6. The van der Waals surface area contributed by atoms with Gasteiger partial charge in [-0.1, -0.05) is 13.3 Å². The Balaban J connectivity index is -0.000000364. The van der Waals surface area contributed by atoms with Crippen molar-refractivity contribution in [1.82, 2.24) is 0 Å². The summed E-state index contributed by atoms with van der Waals surface area (Å²) in [5.74, 6) is -3.48. The molecular formula is C20H38O10. The van der Waals surface area contributed by atoms with Gasteiger partial charge in [-0.05, 0) is 51.4 Å². The maximum Gasteiger partial charge on any atom is 0.303 e. The Morgan fingerprint density at radius 2 is 0.933 bits per heavy atom. The van der Waals surface area contributed by atoms with Crippen LogP contribution in [0, 0.1) is 0 Å². The third-order valence-electron chi connectivity index (χ3n) is 3.63. The minimum atomic E-state index is -0.870. The summed E-state index contributed by atoms with van der Waals surface area (Å²) in [6.45, 7) is 2.31. The van der Waals surface area contributed by atoms with E-state index in [0.29, 0.717) is 25.7 Å². The van der Waals surface area contributed by atoms with E-state index in [-0.39, 0.29) is 38.4 Å². The Hall–Kier alpha value is -2.20. The predicted molar refractivity (Wildman–Crippen MR) is 109 cm³/mol. The van der Waals surface area contributed by atoms with E-state index in [9.17, 15) is 24.3 Å². The van der Waals surface area contributed by atoms with Gasteiger partial charge in [-0.25, -0.2) is 0 Å². The van der Waals surface area contributed by atoms with Gasteiger partial charge in [0.2, 0.25) is 0 Å². The van der Waals surface area contributed by atoms with Gasteiger partial charge in [-0.2, -0.15) is 0 Å². The zero-order valence-corrected chi connectivity index (χ0v) is 17.8. The minimum absolute atomic E-state index is 0.0628. The number of carboxylic acids is 4. The molecule has 0 saturated heterocycles. The molecule has 0 rings (SSSR count). The molecule has 0 aromatic carbocycles. The van der Waals surface area contributed by atoms with Crippen LogP contribution in [0.2, 0.25) is 0 Å². The van der Waals surface area contributed by atoms with Gasteiger partial charge in [0.25, 0.3) is 0 Å². The average Bonchev–Trinajstić information content (AvgIpc) is 2.63. The molecule has 178 valence electrons. The molecule has 0 aromatic rings. The maximum absolute atomic E-state index is 9.90. The van der Waals surface area contributed by atoms with Gasteiger partial charge >= 0.3 is 23.9 Å². The van der Waals surface area contributed by atoms with E-state index in [4.69, 9.17) is 25.5 Å². The SMILES string of the molecule is CCCC(O)CCCCO.O=C(O)CCCCC(=O)O.O=C(O)CCCCC(=O)O. The number of aliphatic hydroxyl groups excluding tert-OH is 2. The van der Waals surface area contributed by atoms with Crippen molar-refractivity contribution in [3.8, 4) is 0 Å². The van der Waals surface area contributed by atoms with E-state index in [1.54, 1.807) is 0 Å². The van der Waals surface area contributed by atoms with Gasteiger partial charge in [-0.3, -0.25) is 19.2 Å². The van der Waals surface area contributed by atoms with Crippen molar-refractivity contribution in [2.45, 2.75) is 96.5 Å². The second-order valence-electron chi connectivity index (χ2n) is 6.65. The van der Waals surface area contributed by atoms with Crippen LogP contribution in [0.4, 0.5) is 0 Å². The molecule has 0 radical (unpaired) electrons. The highest BCUT2D eigenvalue weighted by Gasteiger charge is 2.01. The molecule has 0 heterocycles. The highest BCUT2D eigenvalue weighted by molar-refractivity contribution is 5.68. The number of carbonyl (C=O) groups is 4. The third kappa shape index (κ3) is 40.5. The monoisotopic (exact) mass is 438 g/mol. The lowest BCUT2D eigenvalue weighted by Gasteiger charge is -2.06. The van der Waals surface area contributed by atoms with Gasteiger partial charge in [0.1, 0.15) is 0 Å². The Bertz CT molecular complexity index is 387. The molecule has 0 aliphatic carbocycles. The second-order valence-corrected chi connectivity index (χ2v) is 6.65. The second kappa shape index (κ2) is 24.8. The van der Waals surface area contributed by atoms with Gasteiger partial charge in [0, 0.05) is 32.3 Å². The topological polar surface area (TPSA) is 190 Å². The quantitative estimate of drug-likeness (QED) is 0.195. The van der Waals surface area contributed by atoms with Crippen molar-refractivity contribution in [3.05, 3.63) is 0 Å². The molecule has 10 heteroatoms. The summed E-state index contributed by atoms with van der Waals surface area (Å²) >= 11 is 0. The summed E-state index contributed by atoms with van der Waals surface area (Å²) in [5, 5.41) is 50.1.